The molecule has 0 atom stereocenters. The Morgan fingerprint density at radius 3 is 2.94 bits per heavy atom. The van der Waals surface area contributed by atoms with Gasteiger partial charge in [0.2, 0.25) is 0 Å². The Kier molecular flexibility index (Phi) is 4.59. The summed E-state index contributed by atoms with van der Waals surface area (Å²) in [5.41, 5.74) is 0.593. The number of thiol groups is 1. The fraction of sp³-hybridized carbons (Fsp3) is 0.300. The summed E-state index contributed by atoms with van der Waals surface area (Å²) >= 11 is 9.83. The molecule has 0 unspecified atom stereocenters. The van der Waals surface area contributed by atoms with Gasteiger partial charge in [-0.2, -0.15) is 12.6 Å². The van der Waals surface area contributed by atoms with Crippen LogP contribution in [0, 0.1) is 28.9 Å². The number of aromatic nitrogens is 1. The van der Waals surface area contributed by atoms with Gasteiger partial charge in [0.25, 0.3) is 5.69 Å². The molecule has 0 N–H and O–H groups in total. The lowest BCUT2D eigenvalue weighted by atomic mass is 10.2. The predicted molar refractivity (Wildman–Crippen MR) is 66.0 cm³/mol. The van der Waals surface area contributed by atoms with E-state index in [4.69, 9.17) is 11.6 Å². The quantitative estimate of drug-likeness (QED) is 0.291. The molecule has 0 aliphatic carbocycles. The third-order valence-corrected chi connectivity index (χ3v) is 2.31. The lowest BCUT2D eigenvalue weighted by Gasteiger charge is -1.99. The summed E-state index contributed by atoms with van der Waals surface area (Å²) in [6.07, 6.45) is 0.598. The van der Waals surface area contributed by atoms with Gasteiger partial charge in [-0.15, -0.1) is 0 Å². The lowest BCUT2D eigenvalue weighted by molar-refractivity contribution is -0.385. The molecule has 0 fully saturated rings. The number of nitrogens with zero attached hydrogens (tertiary/aromatic N) is 2. The van der Waals surface area contributed by atoms with Gasteiger partial charge in [-0.25, -0.2) is 4.98 Å². The maximum Gasteiger partial charge on any atom is 0.291 e. The summed E-state index contributed by atoms with van der Waals surface area (Å²) in [6.45, 7) is 1.54. The Balaban J connectivity index is 3.16. The molecule has 0 saturated carbocycles. The van der Waals surface area contributed by atoms with Crippen LogP contribution in [0.15, 0.2) is 6.07 Å². The molecule has 0 spiro atoms. The molecular weight excluding hydrogens is 248 g/mol. The number of hydrogen-bond acceptors (Lipinski definition) is 4. The van der Waals surface area contributed by atoms with Crippen molar-refractivity contribution in [3.05, 3.63) is 32.6 Å². The zero-order valence-corrected chi connectivity index (χ0v) is 10.2. The van der Waals surface area contributed by atoms with Gasteiger partial charge in [0.1, 0.15) is 10.8 Å². The Bertz CT molecular complexity index is 480. The lowest BCUT2D eigenvalue weighted by Crippen LogP contribution is -1.96. The van der Waals surface area contributed by atoms with Crippen LogP contribution in [0.4, 0.5) is 5.69 Å². The van der Waals surface area contributed by atoms with E-state index < -0.39 is 4.92 Å². The van der Waals surface area contributed by atoms with Crippen LogP contribution in [0.1, 0.15) is 17.7 Å². The van der Waals surface area contributed by atoms with Gasteiger partial charge in [-0.3, -0.25) is 10.1 Å². The minimum Gasteiger partial charge on any atom is -0.258 e. The van der Waals surface area contributed by atoms with E-state index in [1.807, 2.05) is 0 Å². The maximum absolute atomic E-state index is 10.7. The van der Waals surface area contributed by atoms with Gasteiger partial charge in [0, 0.05) is 18.2 Å². The SMILES string of the molecule is Cc1nc(Cl)c(C#CCCS)cc1[N+](=O)[O-]. The van der Waals surface area contributed by atoms with E-state index in [2.05, 4.69) is 29.5 Å². The molecule has 6 heteroatoms. The summed E-state index contributed by atoms with van der Waals surface area (Å²) in [4.78, 5) is 14.1. The topological polar surface area (TPSA) is 56.0 Å². The highest BCUT2D eigenvalue weighted by atomic mass is 35.5. The first-order valence-corrected chi connectivity index (χ1v) is 5.48. The Labute approximate surface area is 104 Å². The van der Waals surface area contributed by atoms with Gasteiger partial charge in [-0.1, -0.05) is 23.4 Å². The van der Waals surface area contributed by atoms with Crippen molar-refractivity contribution in [1.29, 1.82) is 0 Å². The minimum absolute atomic E-state index is 0.0698. The van der Waals surface area contributed by atoms with Crippen LogP contribution in [-0.4, -0.2) is 15.7 Å². The third-order valence-electron chi connectivity index (χ3n) is 1.80. The minimum atomic E-state index is -0.498. The first-order valence-electron chi connectivity index (χ1n) is 4.47. The van der Waals surface area contributed by atoms with Crippen LogP contribution in [-0.2, 0) is 0 Å². The second kappa shape index (κ2) is 5.73. The maximum atomic E-state index is 10.7. The molecular formula is C10H9ClN2O2S. The summed E-state index contributed by atoms with van der Waals surface area (Å²) in [5, 5.41) is 10.9. The van der Waals surface area contributed by atoms with E-state index in [1.165, 1.54) is 13.0 Å². The molecule has 0 aliphatic heterocycles. The van der Waals surface area contributed by atoms with Crippen LogP contribution >= 0.6 is 24.2 Å². The largest absolute Gasteiger partial charge is 0.291 e. The number of aryl methyl sites for hydroxylation is 1. The van der Waals surface area contributed by atoms with Crippen LogP contribution in [0.5, 0.6) is 0 Å². The highest BCUT2D eigenvalue weighted by Crippen LogP contribution is 2.22. The second-order valence-corrected chi connectivity index (χ2v) is 3.77. The number of rotatable bonds is 2. The number of pyridine rings is 1. The monoisotopic (exact) mass is 256 g/mol. The number of nitro groups is 1. The summed E-state index contributed by atoms with van der Waals surface area (Å²) < 4.78 is 0. The standard InChI is InChI=1S/C10H9ClN2O2S/c1-7-9(13(14)15)6-8(10(11)12-7)4-2-3-5-16/h6,16H,3,5H2,1H3. The highest BCUT2D eigenvalue weighted by Gasteiger charge is 2.14. The summed E-state index contributed by atoms with van der Waals surface area (Å²) in [6, 6.07) is 1.34. The zero-order valence-electron chi connectivity index (χ0n) is 8.53. The highest BCUT2D eigenvalue weighted by molar-refractivity contribution is 7.80. The van der Waals surface area contributed by atoms with E-state index in [1.54, 1.807) is 0 Å². The first kappa shape index (κ1) is 12.8. The molecule has 0 aromatic carbocycles. The van der Waals surface area contributed by atoms with E-state index >= 15 is 0 Å². The summed E-state index contributed by atoms with van der Waals surface area (Å²) in [5.74, 6) is 6.17. The van der Waals surface area contributed by atoms with Crippen molar-refractivity contribution in [3.8, 4) is 11.8 Å². The first-order chi connectivity index (χ1) is 7.56. The van der Waals surface area contributed by atoms with Gasteiger partial charge < -0.3 is 0 Å². The van der Waals surface area contributed by atoms with Crippen molar-refractivity contribution in [2.24, 2.45) is 0 Å². The third kappa shape index (κ3) is 3.12. The van der Waals surface area contributed by atoms with Crippen LogP contribution < -0.4 is 0 Å². The number of hydrogen-bond donors (Lipinski definition) is 1. The molecule has 1 heterocycles. The van der Waals surface area contributed by atoms with E-state index in [0.29, 0.717) is 17.7 Å². The molecule has 4 nitrogen and oxygen atoms in total. The molecule has 0 aliphatic rings. The molecule has 1 aromatic rings. The fourth-order valence-electron chi connectivity index (χ4n) is 1.05. The van der Waals surface area contributed by atoms with Crippen molar-refractivity contribution < 1.29 is 4.92 Å². The van der Waals surface area contributed by atoms with Gasteiger partial charge in [-0.05, 0) is 6.92 Å². The average molecular weight is 257 g/mol. The van der Waals surface area contributed by atoms with Crippen LogP contribution in [0.2, 0.25) is 5.15 Å². The molecule has 0 radical (unpaired) electrons. The molecule has 1 aromatic heterocycles. The molecule has 16 heavy (non-hydrogen) atoms. The Morgan fingerprint density at radius 1 is 1.69 bits per heavy atom. The number of halogens is 1. The second-order valence-electron chi connectivity index (χ2n) is 2.96. The predicted octanol–water partition coefficient (Wildman–Crippen LogP) is 2.62. The van der Waals surface area contributed by atoms with Crippen LogP contribution in [0.25, 0.3) is 0 Å². The van der Waals surface area contributed by atoms with Crippen molar-refractivity contribution in [3.63, 3.8) is 0 Å². The molecule has 0 amide bonds. The zero-order chi connectivity index (χ0) is 12.1. The Morgan fingerprint density at radius 2 is 2.38 bits per heavy atom. The van der Waals surface area contributed by atoms with Crippen molar-refractivity contribution in [2.45, 2.75) is 13.3 Å². The van der Waals surface area contributed by atoms with Gasteiger partial charge >= 0.3 is 0 Å². The van der Waals surface area contributed by atoms with Crippen LogP contribution in [0.3, 0.4) is 0 Å². The molecule has 1 rings (SSSR count). The van der Waals surface area contributed by atoms with Crippen molar-refractivity contribution >= 4 is 29.9 Å². The normalized spacial score (nSPS) is 9.44. The summed E-state index contributed by atoms with van der Waals surface area (Å²) in [7, 11) is 0. The molecule has 84 valence electrons. The molecule has 0 saturated heterocycles. The van der Waals surface area contributed by atoms with Gasteiger partial charge in [0.05, 0.1) is 10.5 Å². The van der Waals surface area contributed by atoms with E-state index in [9.17, 15) is 10.1 Å². The van der Waals surface area contributed by atoms with Crippen molar-refractivity contribution in [2.75, 3.05) is 5.75 Å². The molecule has 0 bridgehead atoms. The van der Waals surface area contributed by atoms with E-state index in [0.717, 1.165) is 0 Å². The Hall–Kier alpha value is -1.25. The smallest absolute Gasteiger partial charge is 0.258 e. The van der Waals surface area contributed by atoms with Gasteiger partial charge in [0.15, 0.2) is 0 Å². The van der Waals surface area contributed by atoms with Crippen molar-refractivity contribution in [1.82, 2.24) is 4.98 Å². The van der Waals surface area contributed by atoms with E-state index in [-0.39, 0.29) is 16.5 Å². The average Bonchev–Trinajstić information content (AvgIpc) is 2.21. The fourth-order valence-corrected chi connectivity index (χ4v) is 1.39.